The Morgan fingerprint density at radius 2 is 2.08 bits per heavy atom. The summed E-state index contributed by atoms with van der Waals surface area (Å²) >= 11 is 1.45. The molecule has 0 bridgehead atoms. The van der Waals surface area contributed by atoms with E-state index in [0.29, 0.717) is 30.7 Å². The summed E-state index contributed by atoms with van der Waals surface area (Å²) in [4.78, 5) is 14.8. The van der Waals surface area contributed by atoms with E-state index in [1.807, 2.05) is 6.92 Å². The first kappa shape index (κ1) is 18.5. The summed E-state index contributed by atoms with van der Waals surface area (Å²) in [6.45, 7) is 2.50. The van der Waals surface area contributed by atoms with Gasteiger partial charge in [-0.3, -0.25) is 0 Å². The summed E-state index contributed by atoms with van der Waals surface area (Å²) in [5.74, 6) is 0.259. The van der Waals surface area contributed by atoms with Gasteiger partial charge in [-0.25, -0.2) is 17.6 Å². The molecular weight excluding hydrogens is 363 g/mol. The maximum Gasteiger partial charge on any atom is 0.321 e. The van der Waals surface area contributed by atoms with E-state index in [9.17, 15) is 17.6 Å². The minimum Gasteiger partial charge on any atom is -0.323 e. The zero-order valence-electron chi connectivity index (χ0n) is 14.3. The second kappa shape index (κ2) is 7.15. The van der Waals surface area contributed by atoms with E-state index < -0.39 is 26.4 Å². The van der Waals surface area contributed by atoms with Gasteiger partial charge in [0.05, 0.1) is 16.2 Å². The molecule has 1 heterocycles. The lowest BCUT2D eigenvalue weighted by atomic mass is 9.81. The monoisotopic (exact) mass is 386 g/mol. The van der Waals surface area contributed by atoms with E-state index in [2.05, 4.69) is 5.32 Å². The van der Waals surface area contributed by atoms with Crippen molar-refractivity contribution >= 4 is 33.3 Å². The lowest BCUT2D eigenvalue weighted by molar-refractivity contribution is 0.209. The Kier molecular flexibility index (Phi) is 5.29. The lowest BCUT2D eigenvalue weighted by Gasteiger charge is -2.39. The number of para-hydroxylation sites is 1. The van der Waals surface area contributed by atoms with E-state index in [0.717, 1.165) is 12.2 Å². The molecule has 1 spiro atoms. The number of anilines is 1. The molecule has 1 saturated carbocycles. The molecule has 0 aromatic heterocycles. The molecule has 0 unspecified atom stereocenters. The van der Waals surface area contributed by atoms with Crippen molar-refractivity contribution in [2.75, 3.05) is 29.9 Å². The molecule has 2 aliphatic rings. The lowest BCUT2D eigenvalue weighted by Crippen LogP contribution is -2.46. The van der Waals surface area contributed by atoms with Crippen molar-refractivity contribution in [2.24, 2.45) is 0 Å². The number of amides is 2. The van der Waals surface area contributed by atoms with Gasteiger partial charge < -0.3 is 10.2 Å². The van der Waals surface area contributed by atoms with E-state index in [4.69, 9.17) is 0 Å². The van der Waals surface area contributed by atoms with Crippen molar-refractivity contribution < 1.29 is 17.6 Å². The van der Waals surface area contributed by atoms with E-state index in [-0.39, 0.29) is 18.0 Å². The quantitative estimate of drug-likeness (QED) is 0.808. The fraction of sp³-hybridized carbons (Fsp3) is 0.588. The first-order valence-electron chi connectivity index (χ1n) is 8.58. The summed E-state index contributed by atoms with van der Waals surface area (Å²) in [6.07, 6.45) is 2.78. The number of carbonyl (C=O) groups is 1. The van der Waals surface area contributed by atoms with Crippen LogP contribution in [0.3, 0.4) is 0 Å². The highest BCUT2D eigenvalue weighted by atomic mass is 32.2. The number of halogens is 1. The Morgan fingerprint density at radius 1 is 1.32 bits per heavy atom. The number of carbonyl (C=O) groups excluding carboxylic acids is 1. The average Bonchev–Trinajstić information content (AvgIpc) is 2.66. The van der Waals surface area contributed by atoms with Crippen LogP contribution in [0.4, 0.5) is 14.9 Å². The number of hydrogen-bond donors (Lipinski definition) is 1. The van der Waals surface area contributed by atoms with Crippen molar-refractivity contribution in [2.45, 2.75) is 42.2 Å². The molecule has 0 atom stereocenters. The number of rotatable bonds is 3. The Labute approximate surface area is 152 Å². The normalized spacial score (nSPS) is 21.4. The van der Waals surface area contributed by atoms with Gasteiger partial charge in [-0.2, -0.15) is 0 Å². The molecule has 138 valence electrons. The first-order valence-corrected chi connectivity index (χ1v) is 11.2. The van der Waals surface area contributed by atoms with Crippen LogP contribution in [0.1, 0.15) is 32.6 Å². The zero-order valence-corrected chi connectivity index (χ0v) is 15.9. The number of benzene rings is 1. The van der Waals surface area contributed by atoms with Crippen LogP contribution >= 0.6 is 11.8 Å². The van der Waals surface area contributed by atoms with Crippen molar-refractivity contribution in [3.05, 3.63) is 24.0 Å². The topological polar surface area (TPSA) is 66.5 Å². The highest BCUT2D eigenvalue weighted by Gasteiger charge is 2.49. The van der Waals surface area contributed by atoms with Gasteiger partial charge >= 0.3 is 6.03 Å². The number of hydrogen-bond acceptors (Lipinski definition) is 4. The molecule has 3 rings (SSSR count). The second-order valence-electron chi connectivity index (χ2n) is 6.57. The van der Waals surface area contributed by atoms with Crippen LogP contribution in [-0.2, 0) is 9.84 Å². The number of thioether (sulfide) groups is 1. The molecule has 8 heteroatoms. The van der Waals surface area contributed by atoms with Crippen molar-refractivity contribution in [1.29, 1.82) is 0 Å². The molecule has 1 aromatic carbocycles. The fourth-order valence-corrected chi connectivity index (χ4v) is 6.46. The minimum atomic E-state index is -3.19. The standard InChI is InChI=1S/C17H23FN2O3S2/c1-2-24-14-6-3-5-13(18)15(14)19-16(21)20-10-9-17(7-4-8-17)25(22,23)12-11-20/h3,5-6H,2,4,7-12H2,1H3,(H,19,21). The van der Waals surface area contributed by atoms with Gasteiger partial charge in [0, 0.05) is 18.0 Å². The SMILES string of the molecule is CCSc1cccc(F)c1NC(=O)N1CCC2(CCC2)S(=O)(=O)CC1. The van der Waals surface area contributed by atoms with Crippen LogP contribution in [0.5, 0.6) is 0 Å². The van der Waals surface area contributed by atoms with Crippen LogP contribution in [0.15, 0.2) is 23.1 Å². The van der Waals surface area contributed by atoms with Crippen molar-refractivity contribution in [3.63, 3.8) is 0 Å². The Bertz CT molecular complexity index is 763. The van der Waals surface area contributed by atoms with Crippen LogP contribution in [-0.4, -0.2) is 48.7 Å². The van der Waals surface area contributed by atoms with Gasteiger partial charge in [0.2, 0.25) is 0 Å². The summed E-state index contributed by atoms with van der Waals surface area (Å²) in [7, 11) is -3.19. The molecule has 5 nitrogen and oxygen atoms in total. The third-order valence-corrected chi connectivity index (χ3v) is 8.78. The molecule has 25 heavy (non-hydrogen) atoms. The van der Waals surface area contributed by atoms with Gasteiger partial charge in [-0.15, -0.1) is 11.8 Å². The van der Waals surface area contributed by atoms with Crippen LogP contribution in [0, 0.1) is 5.82 Å². The predicted octanol–water partition coefficient (Wildman–Crippen LogP) is 3.51. The first-order chi connectivity index (χ1) is 11.9. The number of sulfone groups is 1. The van der Waals surface area contributed by atoms with Crippen molar-refractivity contribution in [1.82, 2.24) is 4.90 Å². The average molecular weight is 387 g/mol. The molecule has 1 aliphatic heterocycles. The zero-order chi connectivity index (χ0) is 18.1. The third kappa shape index (κ3) is 3.51. The van der Waals surface area contributed by atoms with Crippen LogP contribution in [0.2, 0.25) is 0 Å². The van der Waals surface area contributed by atoms with Crippen LogP contribution in [0.25, 0.3) is 0 Å². The Morgan fingerprint density at radius 3 is 2.72 bits per heavy atom. The van der Waals surface area contributed by atoms with Gasteiger partial charge in [-0.1, -0.05) is 19.4 Å². The molecular formula is C17H23FN2O3S2. The predicted molar refractivity (Wildman–Crippen MR) is 98.4 cm³/mol. The molecule has 2 amide bonds. The molecule has 0 radical (unpaired) electrons. The number of nitrogens with one attached hydrogen (secondary N) is 1. The Hall–Kier alpha value is -1.28. The summed E-state index contributed by atoms with van der Waals surface area (Å²) in [5.41, 5.74) is 0.171. The second-order valence-corrected chi connectivity index (χ2v) is 10.4. The molecule has 1 aromatic rings. The maximum absolute atomic E-state index is 14.1. The molecule has 2 fully saturated rings. The molecule has 1 N–H and O–H groups in total. The van der Waals surface area contributed by atoms with Gasteiger partial charge in [-0.05, 0) is 37.1 Å². The number of nitrogens with zero attached hydrogens (tertiary/aromatic N) is 1. The number of urea groups is 1. The highest BCUT2D eigenvalue weighted by molar-refractivity contribution is 7.99. The van der Waals surface area contributed by atoms with Crippen LogP contribution < -0.4 is 5.32 Å². The molecule has 1 aliphatic carbocycles. The van der Waals surface area contributed by atoms with Gasteiger partial charge in [0.15, 0.2) is 9.84 Å². The highest BCUT2D eigenvalue weighted by Crippen LogP contribution is 2.44. The van der Waals surface area contributed by atoms with Crippen molar-refractivity contribution in [3.8, 4) is 0 Å². The summed E-state index contributed by atoms with van der Waals surface area (Å²) in [6, 6.07) is 4.26. The minimum absolute atomic E-state index is 0.0196. The third-order valence-electron chi connectivity index (χ3n) is 5.19. The van der Waals surface area contributed by atoms with E-state index in [1.54, 1.807) is 12.1 Å². The fourth-order valence-electron chi connectivity index (χ4n) is 3.48. The van der Waals surface area contributed by atoms with Gasteiger partial charge in [0.25, 0.3) is 0 Å². The maximum atomic E-state index is 14.1. The Balaban J connectivity index is 1.74. The summed E-state index contributed by atoms with van der Waals surface area (Å²) in [5, 5.41) is 2.65. The van der Waals surface area contributed by atoms with E-state index >= 15 is 0 Å². The summed E-state index contributed by atoms with van der Waals surface area (Å²) < 4.78 is 38.5. The largest absolute Gasteiger partial charge is 0.323 e. The van der Waals surface area contributed by atoms with Gasteiger partial charge in [0.1, 0.15) is 5.82 Å². The molecule has 1 saturated heterocycles. The smallest absolute Gasteiger partial charge is 0.321 e. The van der Waals surface area contributed by atoms with E-state index in [1.165, 1.54) is 22.7 Å².